The van der Waals surface area contributed by atoms with Gasteiger partial charge in [0.2, 0.25) is 5.91 Å². The molecule has 1 aromatic rings. The van der Waals surface area contributed by atoms with Crippen LogP contribution in [-0.2, 0) is 4.79 Å². The lowest BCUT2D eigenvalue weighted by Crippen LogP contribution is -2.63. The van der Waals surface area contributed by atoms with Crippen LogP contribution in [-0.4, -0.2) is 44.9 Å². The summed E-state index contributed by atoms with van der Waals surface area (Å²) in [6.45, 7) is 8.44. The van der Waals surface area contributed by atoms with Crippen molar-refractivity contribution in [3.05, 3.63) is 10.6 Å². The Bertz CT molecular complexity index is 510. The number of amides is 2. The number of nitrogens with one attached hydrogen (secondary N) is 1. The molecule has 1 N–H and O–H groups in total. The summed E-state index contributed by atoms with van der Waals surface area (Å²) in [5, 5.41) is 6.80. The van der Waals surface area contributed by atoms with Crippen molar-refractivity contribution in [3.63, 3.8) is 0 Å². The van der Waals surface area contributed by atoms with Gasteiger partial charge in [-0.3, -0.25) is 9.59 Å². The van der Waals surface area contributed by atoms with Crippen molar-refractivity contribution in [2.24, 2.45) is 0 Å². The number of carbonyl (C=O) groups excluding carboxylic acids is 2. The van der Waals surface area contributed by atoms with E-state index >= 15 is 0 Å². The summed E-state index contributed by atoms with van der Waals surface area (Å²) in [5.74, 6) is -0.145. The fourth-order valence-corrected chi connectivity index (χ4v) is 2.87. The van der Waals surface area contributed by atoms with Crippen molar-refractivity contribution >= 4 is 23.3 Å². The van der Waals surface area contributed by atoms with E-state index in [4.69, 9.17) is 0 Å². The molecule has 0 radical (unpaired) electrons. The Morgan fingerprint density at radius 3 is 2.79 bits per heavy atom. The van der Waals surface area contributed by atoms with Crippen LogP contribution in [0.3, 0.4) is 0 Å². The molecule has 19 heavy (non-hydrogen) atoms. The van der Waals surface area contributed by atoms with Gasteiger partial charge in [0, 0.05) is 13.1 Å². The lowest BCUT2D eigenvalue weighted by molar-refractivity contribution is -0.133. The quantitative estimate of drug-likeness (QED) is 0.878. The minimum absolute atomic E-state index is 0.129. The smallest absolute Gasteiger partial charge is 0.268 e. The standard InChI is InChI=1S/C12H18N4O2S/c1-7(2)8-9(19-15-14-8)10(17)16-6-5-13-11(18)12(16,3)4/h7H,5-6H2,1-4H3,(H,13,18). The van der Waals surface area contributed by atoms with Crippen molar-refractivity contribution in [2.45, 2.75) is 39.2 Å². The summed E-state index contributed by atoms with van der Waals surface area (Å²) >= 11 is 1.10. The Balaban J connectivity index is 2.33. The van der Waals surface area contributed by atoms with Gasteiger partial charge >= 0.3 is 0 Å². The van der Waals surface area contributed by atoms with E-state index in [9.17, 15) is 9.59 Å². The van der Waals surface area contributed by atoms with E-state index in [0.29, 0.717) is 23.7 Å². The van der Waals surface area contributed by atoms with Crippen LogP contribution in [0.2, 0.25) is 0 Å². The molecule has 1 fully saturated rings. The van der Waals surface area contributed by atoms with Gasteiger partial charge in [-0.25, -0.2) is 0 Å². The maximum Gasteiger partial charge on any atom is 0.268 e. The van der Waals surface area contributed by atoms with E-state index in [1.54, 1.807) is 18.7 Å². The highest BCUT2D eigenvalue weighted by Crippen LogP contribution is 2.26. The van der Waals surface area contributed by atoms with Crippen LogP contribution < -0.4 is 5.32 Å². The first-order valence-electron chi connectivity index (χ1n) is 6.28. The summed E-state index contributed by atoms with van der Waals surface area (Å²) in [7, 11) is 0. The molecule has 2 rings (SSSR count). The van der Waals surface area contributed by atoms with E-state index in [1.165, 1.54) is 0 Å². The average molecular weight is 282 g/mol. The summed E-state index contributed by atoms with van der Waals surface area (Å²) < 4.78 is 3.87. The fourth-order valence-electron chi connectivity index (χ4n) is 2.10. The van der Waals surface area contributed by atoms with Gasteiger partial charge in [-0.2, -0.15) is 0 Å². The van der Waals surface area contributed by atoms with Gasteiger partial charge in [-0.1, -0.05) is 18.3 Å². The molecule has 0 atom stereocenters. The number of piperazine rings is 1. The van der Waals surface area contributed by atoms with Crippen molar-refractivity contribution in [2.75, 3.05) is 13.1 Å². The molecule has 104 valence electrons. The lowest BCUT2D eigenvalue weighted by Gasteiger charge is -2.40. The highest BCUT2D eigenvalue weighted by molar-refractivity contribution is 7.08. The summed E-state index contributed by atoms with van der Waals surface area (Å²) in [5.41, 5.74) is -0.134. The van der Waals surface area contributed by atoms with Gasteiger partial charge in [0.25, 0.3) is 5.91 Å². The average Bonchev–Trinajstić information content (AvgIpc) is 2.81. The fraction of sp³-hybridized carbons (Fsp3) is 0.667. The van der Waals surface area contributed by atoms with Crippen LogP contribution in [0.5, 0.6) is 0 Å². The molecule has 0 bridgehead atoms. The molecule has 1 aliphatic rings. The molecule has 2 heterocycles. The first-order chi connectivity index (χ1) is 8.85. The molecule has 6 nitrogen and oxygen atoms in total. The maximum absolute atomic E-state index is 12.6. The van der Waals surface area contributed by atoms with Gasteiger partial charge in [-0.15, -0.1) is 5.10 Å². The first kappa shape index (κ1) is 13.9. The molecule has 0 aliphatic carbocycles. The molecule has 7 heteroatoms. The Hall–Kier alpha value is -1.50. The predicted octanol–water partition coefficient (Wildman–Crippen LogP) is 1.01. The van der Waals surface area contributed by atoms with Crippen LogP contribution in [0.25, 0.3) is 0 Å². The van der Waals surface area contributed by atoms with Crippen molar-refractivity contribution in [1.82, 2.24) is 19.8 Å². The molecule has 1 aliphatic heterocycles. The molecule has 0 spiro atoms. The molecule has 1 saturated heterocycles. The third-order valence-corrected chi connectivity index (χ3v) is 4.08. The number of carbonyl (C=O) groups is 2. The molecular weight excluding hydrogens is 264 g/mol. The Labute approximate surface area is 116 Å². The molecule has 0 saturated carbocycles. The number of aromatic nitrogens is 2. The zero-order valence-corrected chi connectivity index (χ0v) is 12.4. The summed E-state index contributed by atoms with van der Waals surface area (Å²) in [6, 6.07) is 0. The van der Waals surface area contributed by atoms with Crippen LogP contribution >= 0.6 is 11.5 Å². The lowest BCUT2D eigenvalue weighted by atomic mass is 9.98. The van der Waals surface area contributed by atoms with Gasteiger partial charge in [-0.05, 0) is 31.3 Å². The Morgan fingerprint density at radius 1 is 1.47 bits per heavy atom. The second kappa shape index (κ2) is 4.88. The highest BCUT2D eigenvalue weighted by Gasteiger charge is 2.42. The largest absolute Gasteiger partial charge is 0.352 e. The van der Waals surface area contributed by atoms with Crippen LogP contribution in [0, 0.1) is 0 Å². The summed E-state index contributed by atoms with van der Waals surface area (Å²) in [6.07, 6.45) is 0. The van der Waals surface area contributed by atoms with Crippen molar-refractivity contribution in [1.29, 1.82) is 0 Å². The monoisotopic (exact) mass is 282 g/mol. The van der Waals surface area contributed by atoms with Crippen LogP contribution in [0.4, 0.5) is 0 Å². The number of rotatable bonds is 2. The zero-order chi connectivity index (χ0) is 14.2. The zero-order valence-electron chi connectivity index (χ0n) is 11.6. The third kappa shape index (κ3) is 2.34. The summed E-state index contributed by atoms with van der Waals surface area (Å²) in [4.78, 5) is 26.7. The minimum atomic E-state index is -0.840. The number of nitrogens with zero attached hydrogens (tertiary/aromatic N) is 3. The van der Waals surface area contributed by atoms with E-state index < -0.39 is 5.54 Å². The van der Waals surface area contributed by atoms with E-state index in [2.05, 4.69) is 14.9 Å². The SMILES string of the molecule is CC(C)c1nnsc1C(=O)N1CCNC(=O)C1(C)C. The number of hydrogen-bond acceptors (Lipinski definition) is 5. The Kier molecular flexibility index (Phi) is 3.58. The number of hydrogen-bond donors (Lipinski definition) is 1. The Morgan fingerprint density at radius 2 is 2.16 bits per heavy atom. The van der Waals surface area contributed by atoms with E-state index in [-0.39, 0.29) is 17.7 Å². The van der Waals surface area contributed by atoms with E-state index in [1.807, 2.05) is 13.8 Å². The second-order valence-corrected chi connectivity index (χ2v) is 6.17. The van der Waals surface area contributed by atoms with Crippen molar-refractivity contribution in [3.8, 4) is 0 Å². The van der Waals surface area contributed by atoms with Crippen molar-refractivity contribution < 1.29 is 9.59 Å². The van der Waals surface area contributed by atoms with Crippen LogP contribution in [0.15, 0.2) is 0 Å². The predicted molar refractivity (Wildman–Crippen MR) is 72.1 cm³/mol. The van der Waals surface area contributed by atoms with Gasteiger partial charge in [0.1, 0.15) is 10.4 Å². The first-order valence-corrected chi connectivity index (χ1v) is 7.05. The highest BCUT2D eigenvalue weighted by atomic mass is 32.1. The van der Waals surface area contributed by atoms with E-state index in [0.717, 1.165) is 11.5 Å². The second-order valence-electron chi connectivity index (χ2n) is 5.41. The maximum atomic E-state index is 12.6. The normalized spacial score (nSPS) is 18.6. The van der Waals surface area contributed by atoms with Crippen LogP contribution in [0.1, 0.15) is 49.0 Å². The third-order valence-electron chi connectivity index (χ3n) is 3.35. The molecule has 2 amide bonds. The molecular formula is C12H18N4O2S. The molecule has 1 aromatic heterocycles. The molecule has 0 aromatic carbocycles. The van der Waals surface area contributed by atoms with Gasteiger partial charge < -0.3 is 10.2 Å². The van der Waals surface area contributed by atoms with Gasteiger partial charge in [0.15, 0.2) is 0 Å². The van der Waals surface area contributed by atoms with Gasteiger partial charge in [0.05, 0.1) is 5.69 Å². The molecule has 0 unspecified atom stereocenters. The minimum Gasteiger partial charge on any atom is -0.352 e. The topological polar surface area (TPSA) is 75.2 Å².